The van der Waals surface area contributed by atoms with Gasteiger partial charge in [0.2, 0.25) is 5.82 Å². The zero-order chi connectivity index (χ0) is 15.3. The van der Waals surface area contributed by atoms with Gasteiger partial charge in [0.05, 0.1) is 12.0 Å². The predicted molar refractivity (Wildman–Crippen MR) is 74.8 cm³/mol. The maximum absolute atomic E-state index is 13.4. The molecule has 0 aliphatic carbocycles. The van der Waals surface area contributed by atoms with Gasteiger partial charge in [-0.25, -0.2) is 4.39 Å². The van der Waals surface area contributed by atoms with Crippen LogP contribution in [-0.4, -0.2) is 17.7 Å². The van der Waals surface area contributed by atoms with Crippen LogP contribution in [0.2, 0.25) is 0 Å². The molecule has 0 saturated heterocycles. The first kappa shape index (κ1) is 16.9. The fraction of sp³-hybridized carbons (Fsp3) is 0.500. The van der Waals surface area contributed by atoms with Gasteiger partial charge in [-0.3, -0.25) is 4.79 Å². The van der Waals surface area contributed by atoms with Crippen LogP contribution >= 0.6 is 15.9 Å². The van der Waals surface area contributed by atoms with Crippen LogP contribution in [0.5, 0.6) is 5.75 Å². The molecule has 1 aromatic rings. The fourth-order valence-corrected chi connectivity index (χ4v) is 2.00. The molecule has 0 amide bonds. The van der Waals surface area contributed by atoms with E-state index in [1.54, 1.807) is 13.8 Å². The van der Waals surface area contributed by atoms with Gasteiger partial charge in [0, 0.05) is 4.47 Å². The molecule has 1 aromatic carbocycles. The van der Waals surface area contributed by atoms with E-state index in [0.717, 1.165) is 6.07 Å². The van der Waals surface area contributed by atoms with E-state index in [0.29, 0.717) is 23.7 Å². The lowest BCUT2D eigenvalue weighted by Crippen LogP contribution is -2.23. The van der Waals surface area contributed by atoms with Gasteiger partial charge in [0.25, 0.3) is 0 Å². The normalized spacial score (nSPS) is 11.4. The first-order valence-electron chi connectivity index (χ1n) is 6.25. The van der Waals surface area contributed by atoms with E-state index in [1.165, 1.54) is 6.07 Å². The molecular formula is C14H17BrF2O3. The molecule has 0 aliphatic rings. The Morgan fingerprint density at radius 1 is 1.35 bits per heavy atom. The maximum atomic E-state index is 13.4. The van der Waals surface area contributed by atoms with Gasteiger partial charge >= 0.3 is 5.97 Å². The highest BCUT2D eigenvalue weighted by Crippen LogP contribution is 2.26. The summed E-state index contributed by atoms with van der Waals surface area (Å²) in [7, 11) is 0. The predicted octanol–water partition coefficient (Wildman–Crippen LogP) is 4.39. The third-order valence-corrected chi connectivity index (χ3v) is 3.45. The Morgan fingerprint density at radius 3 is 2.60 bits per heavy atom. The van der Waals surface area contributed by atoms with Crippen molar-refractivity contribution in [2.24, 2.45) is 5.41 Å². The van der Waals surface area contributed by atoms with Crippen molar-refractivity contribution < 1.29 is 23.4 Å². The highest BCUT2D eigenvalue weighted by Gasteiger charge is 2.26. The van der Waals surface area contributed by atoms with Crippen molar-refractivity contribution in [2.45, 2.75) is 33.1 Å². The van der Waals surface area contributed by atoms with E-state index in [-0.39, 0.29) is 12.4 Å². The van der Waals surface area contributed by atoms with Gasteiger partial charge in [-0.1, -0.05) is 15.9 Å². The van der Waals surface area contributed by atoms with Crippen LogP contribution < -0.4 is 4.74 Å². The Morgan fingerprint density at radius 2 is 2.00 bits per heavy atom. The zero-order valence-corrected chi connectivity index (χ0v) is 13.0. The average molecular weight is 351 g/mol. The van der Waals surface area contributed by atoms with Crippen molar-refractivity contribution in [2.75, 3.05) is 6.61 Å². The van der Waals surface area contributed by atoms with Crippen LogP contribution in [0, 0.1) is 17.0 Å². The number of benzene rings is 1. The van der Waals surface area contributed by atoms with Crippen LogP contribution in [0.15, 0.2) is 16.6 Å². The van der Waals surface area contributed by atoms with Gasteiger partial charge in [0.15, 0.2) is 11.6 Å². The van der Waals surface area contributed by atoms with Crippen molar-refractivity contribution in [3.05, 3.63) is 28.2 Å². The molecule has 6 heteroatoms. The van der Waals surface area contributed by atoms with Crippen molar-refractivity contribution in [1.82, 2.24) is 0 Å². The Hall–Kier alpha value is -1.17. The third-order valence-electron chi connectivity index (χ3n) is 2.99. The summed E-state index contributed by atoms with van der Waals surface area (Å²) in [5.74, 6) is -2.98. The Labute approximate surface area is 125 Å². The van der Waals surface area contributed by atoms with E-state index in [1.807, 2.05) is 0 Å². The maximum Gasteiger partial charge on any atom is 0.309 e. The minimum Gasteiger partial charge on any atom is -0.490 e. The Kier molecular flexibility index (Phi) is 5.92. The van der Waals surface area contributed by atoms with Gasteiger partial charge in [0.1, 0.15) is 0 Å². The monoisotopic (exact) mass is 350 g/mol. The molecule has 0 saturated carbocycles. The Balaban J connectivity index is 2.41. The van der Waals surface area contributed by atoms with E-state index < -0.39 is 23.0 Å². The van der Waals surface area contributed by atoms with E-state index in [9.17, 15) is 13.6 Å². The number of ether oxygens (including phenoxy) is 1. The molecule has 112 valence electrons. The Bertz CT molecular complexity index is 490. The number of carboxylic acid groups (broad SMARTS) is 1. The molecule has 0 bridgehead atoms. The molecule has 0 atom stereocenters. The van der Waals surface area contributed by atoms with Gasteiger partial charge in [-0.2, -0.15) is 4.39 Å². The lowest BCUT2D eigenvalue weighted by molar-refractivity contribution is -0.147. The molecule has 0 unspecified atom stereocenters. The molecule has 1 N–H and O–H groups in total. The third kappa shape index (κ3) is 4.74. The van der Waals surface area contributed by atoms with Crippen LogP contribution in [-0.2, 0) is 4.79 Å². The topological polar surface area (TPSA) is 46.5 Å². The summed E-state index contributed by atoms with van der Waals surface area (Å²) in [6.07, 6.45) is 1.71. The van der Waals surface area contributed by atoms with E-state index >= 15 is 0 Å². The quantitative estimate of drug-likeness (QED) is 0.586. The highest BCUT2D eigenvalue weighted by molar-refractivity contribution is 9.10. The summed E-state index contributed by atoms with van der Waals surface area (Å²) < 4.78 is 32.1. The molecule has 1 rings (SSSR count). The number of unbranched alkanes of at least 4 members (excludes halogenated alkanes) is 1. The van der Waals surface area contributed by atoms with Crippen LogP contribution in [0.1, 0.15) is 33.1 Å². The molecular weight excluding hydrogens is 334 g/mol. The van der Waals surface area contributed by atoms with Crippen molar-refractivity contribution in [3.63, 3.8) is 0 Å². The number of halogens is 3. The lowest BCUT2D eigenvalue weighted by atomic mass is 9.87. The number of carbonyl (C=O) groups is 1. The summed E-state index contributed by atoms with van der Waals surface area (Å²) in [5.41, 5.74) is -0.785. The summed E-state index contributed by atoms with van der Waals surface area (Å²) in [6, 6.07) is 2.39. The molecule has 0 fully saturated rings. The largest absolute Gasteiger partial charge is 0.490 e. The SMILES string of the molecule is CC(C)(CCCCOc1cc(Br)cc(F)c1F)C(=O)O. The number of hydrogen-bond acceptors (Lipinski definition) is 2. The van der Waals surface area contributed by atoms with E-state index in [4.69, 9.17) is 9.84 Å². The number of aliphatic carboxylic acids is 1. The molecule has 0 aliphatic heterocycles. The first-order chi connectivity index (χ1) is 9.24. The summed E-state index contributed by atoms with van der Waals surface area (Å²) in [6.45, 7) is 3.52. The second-order valence-electron chi connectivity index (χ2n) is 5.19. The van der Waals surface area contributed by atoms with Crippen molar-refractivity contribution in [1.29, 1.82) is 0 Å². The fourth-order valence-electron chi connectivity index (χ4n) is 1.60. The number of rotatable bonds is 7. The molecule has 0 radical (unpaired) electrons. The molecule has 0 spiro atoms. The van der Waals surface area contributed by atoms with Crippen LogP contribution in [0.25, 0.3) is 0 Å². The van der Waals surface area contributed by atoms with Gasteiger partial charge in [-0.05, 0) is 45.2 Å². The van der Waals surface area contributed by atoms with Crippen LogP contribution in [0.4, 0.5) is 8.78 Å². The van der Waals surface area contributed by atoms with Crippen molar-refractivity contribution in [3.8, 4) is 5.75 Å². The molecule has 0 heterocycles. The average Bonchev–Trinajstić information content (AvgIpc) is 2.34. The second kappa shape index (κ2) is 7.02. The smallest absolute Gasteiger partial charge is 0.309 e. The standard InChI is InChI=1S/C14H17BrF2O3/c1-14(2,13(18)19)5-3-4-6-20-11-8-9(15)7-10(16)12(11)17/h7-8H,3-6H2,1-2H3,(H,18,19). The first-order valence-corrected chi connectivity index (χ1v) is 7.04. The van der Waals surface area contributed by atoms with Gasteiger partial charge < -0.3 is 9.84 Å². The summed E-state index contributed by atoms with van der Waals surface area (Å²) in [4.78, 5) is 10.9. The highest BCUT2D eigenvalue weighted by atomic mass is 79.9. The van der Waals surface area contributed by atoms with Crippen molar-refractivity contribution >= 4 is 21.9 Å². The van der Waals surface area contributed by atoms with Crippen LogP contribution in [0.3, 0.4) is 0 Å². The summed E-state index contributed by atoms with van der Waals surface area (Å²) in [5, 5.41) is 8.95. The minimum absolute atomic E-state index is 0.144. The zero-order valence-electron chi connectivity index (χ0n) is 11.4. The summed E-state index contributed by atoms with van der Waals surface area (Å²) >= 11 is 3.06. The lowest BCUT2D eigenvalue weighted by Gasteiger charge is -2.18. The van der Waals surface area contributed by atoms with E-state index in [2.05, 4.69) is 15.9 Å². The van der Waals surface area contributed by atoms with Gasteiger partial charge in [-0.15, -0.1) is 0 Å². The molecule has 20 heavy (non-hydrogen) atoms. The molecule has 0 aromatic heterocycles. The number of carboxylic acids is 1. The minimum atomic E-state index is -1.01. The number of hydrogen-bond donors (Lipinski definition) is 1. The second-order valence-corrected chi connectivity index (χ2v) is 6.11. The molecule has 3 nitrogen and oxygen atoms in total.